The van der Waals surface area contributed by atoms with Crippen molar-refractivity contribution in [1.29, 1.82) is 0 Å². The molecule has 2 heterocycles. The number of likely N-dealkylation sites (tertiary alicyclic amines) is 1. The summed E-state index contributed by atoms with van der Waals surface area (Å²) in [6.07, 6.45) is 3.75. The number of aromatic nitrogens is 1. The molecule has 3 fully saturated rings. The highest BCUT2D eigenvalue weighted by Crippen LogP contribution is 2.45. The number of anilines is 1. The van der Waals surface area contributed by atoms with Crippen LogP contribution in [0.1, 0.15) is 63.2 Å². The van der Waals surface area contributed by atoms with E-state index < -0.39 is 62.0 Å². The average Bonchev–Trinajstić information content (AvgIpc) is 3.83. The van der Waals surface area contributed by atoms with Crippen LogP contribution in [0.15, 0.2) is 42.3 Å². The zero-order valence-electron chi connectivity index (χ0n) is 24.8. The number of hydrogen-bond acceptors (Lipinski definition) is 9. The van der Waals surface area contributed by atoms with Crippen LogP contribution in [0.3, 0.4) is 0 Å². The summed E-state index contributed by atoms with van der Waals surface area (Å²) in [5.41, 5.74) is -0.462. The number of nitrogens with zero attached hydrogens (tertiary/aromatic N) is 2. The Bertz CT molecular complexity index is 1590. The summed E-state index contributed by atoms with van der Waals surface area (Å²) < 4.78 is 27.0. The summed E-state index contributed by atoms with van der Waals surface area (Å²) in [6.45, 7) is 9.81. The van der Waals surface area contributed by atoms with Gasteiger partial charge >= 0.3 is 5.97 Å². The molecule has 236 valence electrons. The fourth-order valence-corrected chi connectivity index (χ4v) is 7.63. The van der Waals surface area contributed by atoms with Crippen LogP contribution in [0.5, 0.6) is 0 Å². The minimum Gasteiger partial charge on any atom is -0.478 e. The van der Waals surface area contributed by atoms with Gasteiger partial charge in [-0.2, -0.15) is 0 Å². The van der Waals surface area contributed by atoms with E-state index in [1.165, 1.54) is 34.4 Å². The molecule has 0 spiro atoms. The minimum atomic E-state index is -3.81. The second kappa shape index (κ2) is 11.6. The quantitative estimate of drug-likeness (QED) is 0.268. The molecule has 3 aliphatic rings. The number of carbonyl (C=O) groups excluding carboxylic acids is 3. The molecule has 2 saturated carbocycles. The number of carbonyl (C=O) groups is 4. The van der Waals surface area contributed by atoms with Crippen LogP contribution < -0.4 is 15.4 Å². The molecule has 1 aliphatic heterocycles. The highest BCUT2D eigenvalue weighted by atomic mass is 32.2. The number of sulfonamides is 1. The van der Waals surface area contributed by atoms with Crippen LogP contribution in [0.2, 0.25) is 0 Å². The maximum Gasteiger partial charge on any atom is 0.335 e. The van der Waals surface area contributed by atoms with E-state index in [0.29, 0.717) is 43.1 Å². The summed E-state index contributed by atoms with van der Waals surface area (Å²) in [5.74, 6) is -3.01. The number of nitrogens with one attached hydrogen (secondary N) is 3. The monoisotopic (exact) mass is 643 g/mol. The Labute approximate surface area is 260 Å². The first-order chi connectivity index (χ1) is 20.7. The maximum absolute atomic E-state index is 14.0. The summed E-state index contributed by atoms with van der Waals surface area (Å²) in [4.78, 5) is 58.1. The summed E-state index contributed by atoms with van der Waals surface area (Å²) in [5, 5.41) is 16.9. The van der Waals surface area contributed by atoms with Gasteiger partial charge in [-0.15, -0.1) is 17.9 Å². The predicted octanol–water partition coefficient (Wildman–Crippen LogP) is 3.00. The molecule has 2 aliphatic carbocycles. The predicted molar refractivity (Wildman–Crippen MR) is 165 cm³/mol. The van der Waals surface area contributed by atoms with Crippen molar-refractivity contribution >= 4 is 50.2 Å². The molecule has 4 atom stereocenters. The molecular weight excluding hydrogens is 606 g/mol. The van der Waals surface area contributed by atoms with Gasteiger partial charge in [-0.1, -0.05) is 39.0 Å². The molecule has 2 aromatic rings. The normalized spacial score (nSPS) is 23.8. The molecule has 1 aromatic carbocycles. The zero-order valence-corrected chi connectivity index (χ0v) is 26.5. The van der Waals surface area contributed by atoms with Crippen LogP contribution in [0, 0.1) is 11.3 Å². The van der Waals surface area contributed by atoms with Crippen LogP contribution in [0.4, 0.5) is 5.13 Å². The van der Waals surface area contributed by atoms with Crippen molar-refractivity contribution in [3.63, 3.8) is 0 Å². The molecule has 5 rings (SSSR count). The number of benzene rings is 1. The lowest BCUT2D eigenvalue weighted by Crippen LogP contribution is -2.58. The molecule has 4 N–H and O–H groups in total. The van der Waals surface area contributed by atoms with Gasteiger partial charge < -0.3 is 20.6 Å². The average molecular weight is 644 g/mol. The van der Waals surface area contributed by atoms with E-state index in [0.717, 1.165) is 5.56 Å². The molecule has 0 radical (unpaired) electrons. The molecule has 1 saturated heterocycles. The highest BCUT2D eigenvalue weighted by Gasteiger charge is 2.61. The van der Waals surface area contributed by atoms with Gasteiger partial charge in [-0.25, -0.2) is 18.2 Å². The Hall–Kier alpha value is -3.78. The van der Waals surface area contributed by atoms with Gasteiger partial charge in [0, 0.05) is 23.4 Å². The number of hydrogen-bond donors (Lipinski definition) is 4. The molecule has 1 aromatic heterocycles. The highest BCUT2D eigenvalue weighted by molar-refractivity contribution is 7.91. The third kappa shape index (κ3) is 6.36. The van der Waals surface area contributed by atoms with E-state index in [-0.39, 0.29) is 17.9 Å². The fourth-order valence-electron chi connectivity index (χ4n) is 5.52. The van der Waals surface area contributed by atoms with Crippen molar-refractivity contribution in [2.75, 3.05) is 11.9 Å². The Kier molecular flexibility index (Phi) is 8.35. The van der Waals surface area contributed by atoms with Crippen molar-refractivity contribution in [2.45, 2.75) is 75.7 Å². The van der Waals surface area contributed by atoms with E-state index >= 15 is 0 Å². The molecule has 3 amide bonds. The van der Waals surface area contributed by atoms with Crippen molar-refractivity contribution in [2.24, 2.45) is 11.3 Å². The first-order valence-corrected chi connectivity index (χ1v) is 17.0. The van der Waals surface area contributed by atoms with Gasteiger partial charge in [0.05, 0.1) is 16.5 Å². The van der Waals surface area contributed by atoms with Crippen LogP contribution in [0.25, 0.3) is 11.3 Å². The first-order valence-electron chi connectivity index (χ1n) is 14.5. The van der Waals surface area contributed by atoms with Gasteiger partial charge in [0.25, 0.3) is 5.91 Å². The van der Waals surface area contributed by atoms with Gasteiger partial charge in [-0.05, 0) is 49.7 Å². The van der Waals surface area contributed by atoms with Gasteiger partial charge in [0.2, 0.25) is 21.8 Å². The Morgan fingerprint density at radius 3 is 2.41 bits per heavy atom. The topological polar surface area (TPSA) is 175 Å². The van der Waals surface area contributed by atoms with Crippen molar-refractivity contribution in [3.05, 3.63) is 47.9 Å². The fraction of sp³-hybridized carbons (Fsp3) is 0.500. The maximum atomic E-state index is 14.0. The second-order valence-electron chi connectivity index (χ2n) is 12.7. The molecule has 0 unspecified atom stereocenters. The number of rotatable bonds is 11. The van der Waals surface area contributed by atoms with Crippen LogP contribution in [-0.4, -0.2) is 76.5 Å². The largest absolute Gasteiger partial charge is 0.478 e. The van der Waals surface area contributed by atoms with Gasteiger partial charge in [0.1, 0.15) is 17.6 Å². The number of thiazole rings is 1. The molecular formula is C30H37N5O7S2. The molecule has 44 heavy (non-hydrogen) atoms. The Morgan fingerprint density at radius 1 is 1.16 bits per heavy atom. The van der Waals surface area contributed by atoms with Crippen molar-refractivity contribution in [1.82, 2.24) is 19.9 Å². The summed E-state index contributed by atoms with van der Waals surface area (Å²) in [6, 6.07) is 4.78. The third-order valence-corrected chi connectivity index (χ3v) is 11.0. The van der Waals surface area contributed by atoms with Crippen molar-refractivity contribution < 1.29 is 32.7 Å². The van der Waals surface area contributed by atoms with E-state index in [4.69, 9.17) is 5.11 Å². The Morgan fingerprint density at radius 2 is 1.84 bits per heavy atom. The van der Waals surface area contributed by atoms with Crippen molar-refractivity contribution in [3.8, 4) is 11.3 Å². The first kappa shape index (κ1) is 31.6. The van der Waals surface area contributed by atoms with Crippen LogP contribution >= 0.6 is 11.3 Å². The number of amides is 3. The van der Waals surface area contributed by atoms with Gasteiger partial charge in [0.15, 0.2) is 5.13 Å². The van der Waals surface area contributed by atoms with Gasteiger partial charge in [-0.3, -0.25) is 19.1 Å². The number of carboxylic acids is 1. The molecule has 0 bridgehead atoms. The number of aromatic carboxylic acids is 1. The summed E-state index contributed by atoms with van der Waals surface area (Å²) >= 11 is 1.31. The standard InChI is InChI=1S/C30H37N5O7S2/c1-5-19-15-30(19,27(40)34-44(41,42)20-12-13-20)33-24(36)22-7-6-14-35(22)25(37)23(29(2,3)4)32-28-31-21(16-43-28)17-8-10-18(11-9-17)26(38)39/h5,8-11,16,19-20,22-23H,1,6-7,12-15H2,2-4H3,(H,31,32)(H,33,36)(H,34,40)(H,38,39)/t19-,22+,23-,30-/m1/s1. The lowest BCUT2D eigenvalue weighted by atomic mass is 9.85. The van der Waals surface area contributed by atoms with E-state index in [9.17, 15) is 27.6 Å². The molecule has 14 heteroatoms. The van der Waals surface area contributed by atoms with E-state index in [1.807, 2.05) is 26.2 Å². The SMILES string of the molecule is C=C[C@@H]1C[C@]1(NC(=O)[C@@H]1CCCN1C(=O)[C@@H](Nc1nc(-c2ccc(C(=O)O)cc2)cs1)C(C)(C)C)C(=O)NS(=O)(=O)C1CC1. The third-order valence-electron chi connectivity index (χ3n) is 8.40. The number of carboxylic acid groups (broad SMARTS) is 1. The van der Waals surface area contributed by atoms with Crippen LogP contribution in [-0.2, 0) is 24.4 Å². The van der Waals surface area contributed by atoms with E-state index in [2.05, 4.69) is 26.9 Å². The second-order valence-corrected chi connectivity index (χ2v) is 15.6. The van der Waals surface area contributed by atoms with E-state index in [1.54, 1.807) is 12.1 Å². The summed E-state index contributed by atoms with van der Waals surface area (Å²) in [7, 11) is -3.81. The smallest absolute Gasteiger partial charge is 0.335 e. The lowest BCUT2D eigenvalue weighted by molar-refractivity contribution is -0.141. The Balaban J connectivity index is 1.30. The molecule has 12 nitrogen and oxygen atoms in total. The lowest BCUT2D eigenvalue weighted by Gasteiger charge is -2.35. The zero-order chi connectivity index (χ0) is 32.0. The minimum absolute atomic E-state index is 0.168.